The van der Waals surface area contributed by atoms with Gasteiger partial charge in [-0.25, -0.2) is 15.4 Å². The Kier molecular flexibility index (Phi) is 6.70. The molecule has 0 aliphatic carbocycles. The number of hydrogen-bond donors (Lipinski definition) is 2. The number of carbonyl (C=O) groups excluding carboxylic acids is 1. The maximum atomic E-state index is 12.8. The minimum absolute atomic E-state index is 0.00682. The Balaban J connectivity index is 1.60. The van der Waals surface area contributed by atoms with E-state index in [2.05, 4.69) is 20.5 Å². The van der Waals surface area contributed by atoms with E-state index in [0.29, 0.717) is 29.3 Å². The summed E-state index contributed by atoms with van der Waals surface area (Å²) < 4.78 is 5.35. The largest absolute Gasteiger partial charge is 0.507 e. The lowest BCUT2D eigenvalue weighted by molar-refractivity contribution is 0.0945. The van der Waals surface area contributed by atoms with Crippen molar-refractivity contribution < 1.29 is 14.6 Å². The smallest absolute Gasteiger partial charge is 0.309 e. The fourth-order valence-corrected chi connectivity index (χ4v) is 3.16. The first-order valence-electron chi connectivity index (χ1n) is 10.4. The van der Waals surface area contributed by atoms with E-state index in [0.717, 1.165) is 11.1 Å². The van der Waals surface area contributed by atoms with Crippen LogP contribution in [0.15, 0.2) is 90.0 Å². The van der Waals surface area contributed by atoms with Crippen LogP contribution in [0.5, 0.6) is 11.5 Å². The van der Waals surface area contributed by atoms with Gasteiger partial charge in [0.25, 0.3) is 0 Å². The summed E-state index contributed by atoms with van der Waals surface area (Å²) in [5.74, 6) is -0.0294. The first kappa shape index (κ1) is 21.7. The minimum Gasteiger partial charge on any atom is -0.507 e. The van der Waals surface area contributed by atoms with Gasteiger partial charge >= 0.3 is 5.91 Å². The molecule has 0 saturated carbocycles. The Morgan fingerprint density at radius 1 is 0.939 bits per heavy atom. The van der Waals surface area contributed by atoms with Crippen LogP contribution >= 0.6 is 0 Å². The van der Waals surface area contributed by atoms with E-state index in [9.17, 15) is 9.90 Å². The summed E-state index contributed by atoms with van der Waals surface area (Å²) in [6.45, 7) is 2.36. The lowest BCUT2D eigenvalue weighted by Gasteiger charge is -2.08. The Bertz CT molecular complexity index is 1220. The number of ether oxygens (including phenoxy) is 1. The number of carbonyl (C=O) groups is 1. The SMILES string of the molecule is CCOc1ccc(C=NNC(=O)c2nc(-c3ccccc3)cc(-c3ccccc3)n2)c(O)c1. The third kappa shape index (κ3) is 5.40. The summed E-state index contributed by atoms with van der Waals surface area (Å²) in [6.07, 6.45) is 1.35. The fraction of sp³-hybridized carbons (Fsp3) is 0.0769. The standard InChI is InChI=1S/C26H22N4O3/c1-2-33-21-14-13-20(24(31)15-21)17-27-30-26(32)25-28-22(18-9-5-3-6-10-18)16-23(29-25)19-11-7-4-8-12-19/h3-17,31H,2H2,1H3,(H,30,32). The van der Waals surface area contributed by atoms with Crippen LogP contribution in [-0.4, -0.2) is 33.8 Å². The number of phenols is 1. The van der Waals surface area contributed by atoms with Crippen molar-refractivity contribution >= 4 is 12.1 Å². The number of nitrogens with zero attached hydrogens (tertiary/aromatic N) is 3. The van der Waals surface area contributed by atoms with E-state index >= 15 is 0 Å². The van der Waals surface area contributed by atoms with E-state index in [1.54, 1.807) is 12.1 Å². The van der Waals surface area contributed by atoms with E-state index in [1.807, 2.05) is 73.7 Å². The van der Waals surface area contributed by atoms with Crippen LogP contribution < -0.4 is 10.2 Å². The molecule has 7 heteroatoms. The summed E-state index contributed by atoms with van der Waals surface area (Å²) in [5.41, 5.74) is 5.86. The Labute approximate surface area is 191 Å². The first-order chi connectivity index (χ1) is 16.1. The number of rotatable bonds is 7. The number of hydrogen-bond acceptors (Lipinski definition) is 6. The molecule has 7 nitrogen and oxygen atoms in total. The molecule has 0 atom stereocenters. The average molecular weight is 438 g/mol. The van der Waals surface area contributed by atoms with Crippen LogP contribution in [0.1, 0.15) is 23.1 Å². The molecule has 0 saturated heterocycles. The molecule has 2 N–H and O–H groups in total. The van der Waals surface area contributed by atoms with Gasteiger partial charge in [0.1, 0.15) is 11.5 Å². The van der Waals surface area contributed by atoms with Crippen molar-refractivity contribution in [3.63, 3.8) is 0 Å². The van der Waals surface area contributed by atoms with Gasteiger partial charge in [0.05, 0.1) is 24.2 Å². The second-order valence-electron chi connectivity index (χ2n) is 7.05. The molecule has 0 aliphatic rings. The molecule has 0 fully saturated rings. The quantitative estimate of drug-likeness (QED) is 0.323. The summed E-state index contributed by atoms with van der Waals surface area (Å²) in [6, 6.07) is 25.9. The van der Waals surface area contributed by atoms with Crippen molar-refractivity contribution in [1.82, 2.24) is 15.4 Å². The van der Waals surface area contributed by atoms with E-state index < -0.39 is 5.91 Å². The molecule has 1 amide bonds. The van der Waals surface area contributed by atoms with Crippen LogP contribution in [0.25, 0.3) is 22.5 Å². The van der Waals surface area contributed by atoms with Crippen LogP contribution in [0.3, 0.4) is 0 Å². The molecule has 0 unspecified atom stereocenters. The predicted molar refractivity (Wildman–Crippen MR) is 127 cm³/mol. The van der Waals surface area contributed by atoms with Crippen LogP contribution in [0.2, 0.25) is 0 Å². The Morgan fingerprint density at radius 2 is 1.55 bits per heavy atom. The molecule has 164 valence electrons. The van der Waals surface area contributed by atoms with Gasteiger partial charge in [-0.1, -0.05) is 60.7 Å². The summed E-state index contributed by atoms with van der Waals surface area (Å²) in [5, 5.41) is 14.1. The number of aromatic nitrogens is 2. The number of benzene rings is 3. The van der Waals surface area contributed by atoms with Gasteiger partial charge in [0.2, 0.25) is 5.82 Å². The third-order valence-electron chi connectivity index (χ3n) is 4.75. The lowest BCUT2D eigenvalue weighted by Crippen LogP contribution is -2.21. The van der Waals surface area contributed by atoms with Crippen molar-refractivity contribution in [3.8, 4) is 34.0 Å². The zero-order valence-corrected chi connectivity index (χ0v) is 18.0. The lowest BCUT2D eigenvalue weighted by atomic mass is 10.1. The summed E-state index contributed by atoms with van der Waals surface area (Å²) in [4.78, 5) is 21.7. The van der Waals surface area contributed by atoms with Gasteiger partial charge in [-0.15, -0.1) is 0 Å². The second-order valence-corrected chi connectivity index (χ2v) is 7.05. The zero-order chi connectivity index (χ0) is 23.0. The van der Waals surface area contributed by atoms with Crippen LogP contribution in [-0.2, 0) is 0 Å². The molecule has 0 radical (unpaired) electrons. The van der Waals surface area contributed by atoms with Crippen molar-refractivity contribution in [2.75, 3.05) is 6.61 Å². The molecule has 33 heavy (non-hydrogen) atoms. The average Bonchev–Trinajstić information content (AvgIpc) is 2.86. The molecule has 0 aliphatic heterocycles. The topological polar surface area (TPSA) is 96.7 Å². The molecular formula is C26H22N4O3. The maximum absolute atomic E-state index is 12.8. The van der Waals surface area contributed by atoms with Gasteiger partial charge < -0.3 is 9.84 Å². The van der Waals surface area contributed by atoms with Gasteiger partial charge in [-0.05, 0) is 25.1 Å². The highest BCUT2D eigenvalue weighted by molar-refractivity contribution is 5.93. The Morgan fingerprint density at radius 3 is 2.09 bits per heavy atom. The maximum Gasteiger partial charge on any atom is 0.309 e. The van der Waals surface area contributed by atoms with E-state index in [4.69, 9.17) is 4.74 Å². The molecule has 4 aromatic rings. The highest BCUT2D eigenvalue weighted by Crippen LogP contribution is 2.24. The number of hydrazone groups is 1. The fourth-order valence-electron chi connectivity index (χ4n) is 3.16. The van der Waals surface area contributed by atoms with Crippen LogP contribution in [0.4, 0.5) is 0 Å². The highest BCUT2D eigenvalue weighted by atomic mass is 16.5. The monoisotopic (exact) mass is 438 g/mol. The normalized spacial score (nSPS) is 10.8. The van der Waals surface area contributed by atoms with Gasteiger partial charge in [0, 0.05) is 22.8 Å². The third-order valence-corrected chi connectivity index (χ3v) is 4.75. The molecule has 0 spiro atoms. The van der Waals surface area contributed by atoms with Crippen LogP contribution in [0, 0.1) is 0 Å². The molecule has 0 bridgehead atoms. The molecule has 1 heterocycles. The summed E-state index contributed by atoms with van der Waals surface area (Å²) in [7, 11) is 0. The number of aromatic hydroxyl groups is 1. The molecular weight excluding hydrogens is 416 g/mol. The van der Waals surface area contributed by atoms with Crippen molar-refractivity contribution in [2.24, 2.45) is 5.10 Å². The van der Waals surface area contributed by atoms with Crippen molar-refractivity contribution in [3.05, 3.63) is 96.3 Å². The van der Waals surface area contributed by atoms with Gasteiger partial charge in [-0.2, -0.15) is 5.10 Å². The second kappa shape index (κ2) is 10.2. The minimum atomic E-state index is -0.563. The van der Waals surface area contributed by atoms with Crippen molar-refractivity contribution in [2.45, 2.75) is 6.92 Å². The van der Waals surface area contributed by atoms with Gasteiger partial charge in [-0.3, -0.25) is 4.79 Å². The molecule has 4 rings (SSSR count). The number of nitrogens with one attached hydrogen (secondary N) is 1. The number of amides is 1. The number of phenolic OH excluding ortho intramolecular Hbond substituents is 1. The summed E-state index contributed by atoms with van der Waals surface area (Å²) >= 11 is 0. The predicted octanol–water partition coefficient (Wildman–Crippen LogP) is 4.68. The van der Waals surface area contributed by atoms with E-state index in [1.165, 1.54) is 12.3 Å². The van der Waals surface area contributed by atoms with Crippen molar-refractivity contribution in [1.29, 1.82) is 0 Å². The zero-order valence-electron chi connectivity index (χ0n) is 18.0. The highest BCUT2D eigenvalue weighted by Gasteiger charge is 2.14. The molecule has 3 aromatic carbocycles. The van der Waals surface area contributed by atoms with Gasteiger partial charge in [0.15, 0.2) is 0 Å². The molecule has 1 aromatic heterocycles. The Hall–Kier alpha value is -4.52. The first-order valence-corrected chi connectivity index (χ1v) is 10.4. The van der Waals surface area contributed by atoms with E-state index in [-0.39, 0.29) is 11.6 Å².